The van der Waals surface area contributed by atoms with Crippen LogP contribution in [-0.4, -0.2) is 24.3 Å². The minimum Gasteiger partial charge on any atom is -0.457 e. The van der Waals surface area contributed by atoms with Gasteiger partial charge in [-0.3, -0.25) is 14.4 Å². The van der Waals surface area contributed by atoms with Crippen LogP contribution in [0.2, 0.25) is 0 Å². The van der Waals surface area contributed by atoms with Gasteiger partial charge in [-0.2, -0.15) is 0 Å². The number of ether oxygens (including phenoxy) is 1. The van der Waals surface area contributed by atoms with E-state index < -0.39 is 0 Å². The van der Waals surface area contributed by atoms with E-state index in [2.05, 4.69) is 5.32 Å². The summed E-state index contributed by atoms with van der Waals surface area (Å²) in [5.41, 5.74) is 1.12. The van der Waals surface area contributed by atoms with Gasteiger partial charge in [0.2, 0.25) is 5.91 Å². The molecular weight excluding hydrogens is 318 g/mol. The summed E-state index contributed by atoms with van der Waals surface area (Å²) in [4.78, 5) is 35.5. The van der Waals surface area contributed by atoms with Crippen LogP contribution >= 0.6 is 0 Å². The van der Waals surface area contributed by atoms with Crippen molar-refractivity contribution in [3.05, 3.63) is 29.8 Å². The number of esters is 1. The summed E-state index contributed by atoms with van der Waals surface area (Å²) in [5.74, 6) is 1.36. The molecular formula is C20H25NO4. The molecule has 3 rings (SSSR count). The number of rotatable bonds is 7. The average molecular weight is 343 g/mol. The van der Waals surface area contributed by atoms with Gasteiger partial charge in [-0.1, -0.05) is 13.3 Å². The first-order valence-electron chi connectivity index (χ1n) is 9.14. The number of benzene rings is 1. The molecule has 0 unspecified atom stereocenters. The third kappa shape index (κ3) is 4.47. The Balaban J connectivity index is 1.44. The maximum atomic E-state index is 12.1. The molecule has 5 nitrogen and oxygen atoms in total. The maximum Gasteiger partial charge on any atom is 0.306 e. The van der Waals surface area contributed by atoms with Crippen LogP contribution in [-0.2, 0) is 14.3 Å². The normalized spacial score (nSPS) is 24.1. The van der Waals surface area contributed by atoms with Crippen molar-refractivity contribution in [3.63, 3.8) is 0 Å². The number of carbonyl (C=O) groups excluding carboxylic acids is 3. The zero-order chi connectivity index (χ0) is 17.8. The Morgan fingerprint density at radius 2 is 1.88 bits per heavy atom. The molecule has 1 aromatic rings. The number of hydrogen-bond donors (Lipinski definition) is 1. The van der Waals surface area contributed by atoms with Gasteiger partial charge in [-0.15, -0.1) is 0 Å². The Kier molecular flexibility index (Phi) is 5.51. The predicted molar refractivity (Wildman–Crippen MR) is 94.2 cm³/mol. The summed E-state index contributed by atoms with van der Waals surface area (Å²) in [6.07, 6.45) is 5.79. The van der Waals surface area contributed by atoms with Gasteiger partial charge >= 0.3 is 5.97 Å². The number of carbonyl (C=O) groups is 3. The lowest BCUT2D eigenvalue weighted by atomic mass is 9.86. The number of fused-ring (bicyclic) bond motifs is 2. The van der Waals surface area contributed by atoms with Gasteiger partial charge in [-0.05, 0) is 61.3 Å². The van der Waals surface area contributed by atoms with E-state index in [4.69, 9.17) is 4.74 Å². The van der Waals surface area contributed by atoms with E-state index in [1.165, 1.54) is 19.3 Å². The lowest BCUT2D eigenvalue weighted by molar-refractivity contribution is -0.144. The maximum absolute atomic E-state index is 12.1. The van der Waals surface area contributed by atoms with E-state index in [0.29, 0.717) is 35.9 Å². The quantitative estimate of drug-likeness (QED) is 0.606. The van der Waals surface area contributed by atoms with E-state index in [9.17, 15) is 14.4 Å². The first-order chi connectivity index (χ1) is 12.0. The molecule has 0 radical (unpaired) electrons. The van der Waals surface area contributed by atoms with Crippen molar-refractivity contribution < 1.29 is 19.1 Å². The summed E-state index contributed by atoms with van der Waals surface area (Å²) in [6, 6.07) is 6.63. The van der Waals surface area contributed by atoms with E-state index in [-0.39, 0.29) is 24.3 Å². The highest BCUT2D eigenvalue weighted by Crippen LogP contribution is 2.49. The SMILES string of the molecule is CCC(=O)Nc1ccc(C(=O)COC(=O)C[C@H]2C[C@@H]3CC[C@@H]2C3)cc1. The number of ketones is 1. The molecule has 2 fully saturated rings. The van der Waals surface area contributed by atoms with Crippen LogP contribution in [0.3, 0.4) is 0 Å². The fourth-order valence-corrected chi connectivity index (χ4v) is 4.12. The summed E-state index contributed by atoms with van der Waals surface area (Å²) < 4.78 is 5.18. The Bertz CT molecular complexity index is 652. The third-order valence-corrected chi connectivity index (χ3v) is 5.49. The topological polar surface area (TPSA) is 72.5 Å². The minimum atomic E-state index is -0.266. The van der Waals surface area contributed by atoms with Gasteiger partial charge in [0, 0.05) is 24.1 Å². The van der Waals surface area contributed by atoms with E-state index in [1.807, 2.05) is 0 Å². The molecule has 1 N–H and O–H groups in total. The Morgan fingerprint density at radius 3 is 2.48 bits per heavy atom. The summed E-state index contributed by atoms with van der Waals surface area (Å²) in [6.45, 7) is 1.55. The van der Waals surface area contributed by atoms with Gasteiger partial charge in [-0.25, -0.2) is 0 Å². The molecule has 25 heavy (non-hydrogen) atoms. The number of amides is 1. The summed E-state index contributed by atoms with van der Waals surface area (Å²) >= 11 is 0. The largest absolute Gasteiger partial charge is 0.457 e. The lowest BCUT2D eigenvalue weighted by Crippen LogP contribution is -2.19. The van der Waals surface area contributed by atoms with Gasteiger partial charge in [0.05, 0.1) is 0 Å². The minimum absolute atomic E-state index is 0.0754. The fraction of sp³-hybridized carbons (Fsp3) is 0.550. The number of hydrogen-bond acceptors (Lipinski definition) is 4. The van der Waals surface area contributed by atoms with Gasteiger partial charge in [0.15, 0.2) is 12.4 Å². The molecule has 3 atom stereocenters. The fourth-order valence-electron chi connectivity index (χ4n) is 4.12. The zero-order valence-electron chi connectivity index (χ0n) is 14.6. The Hall–Kier alpha value is -2.17. The molecule has 2 aliphatic rings. The van der Waals surface area contributed by atoms with Gasteiger partial charge in [0.1, 0.15) is 0 Å². The van der Waals surface area contributed by atoms with Crippen molar-refractivity contribution in [1.82, 2.24) is 0 Å². The average Bonchev–Trinajstić information content (AvgIpc) is 3.23. The highest BCUT2D eigenvalue weighted by atomic mass is 16.5. The third-order valence-electron chi connectivity index (χ3n) is 5.49. The molecule has 2 bridgehead atoms. The molecule has 0 heterocycles. The lowest BCUT2D eigenvalue weighted by Gasteiger charge is -2.20. The van der Waals surface area contributed by atoms with E-state index in [1.54, 1.807) is 31.2 Å². The Morgan fingerprint density at radius 1 is 1.12 bits per heavy atom. The van der Waals surface area contributed by atoms with E-state index in [0.717, 1.165) is 12.3 Å². The molecule has 0 aromatic heterocycles. The molecule has 1 amide bonds. The molecule has 2 saturated carbocycles. The molecule has 0 saturated heterocycles. The molecule has 5 heteroatoms. The molecule has 0 aliphatic heterocycles. The van der Waals surface area contributed by atoms with E-state index >= 15 is 0 Å². The van der Waals surface area contributed by atoms with Gasteiger partial charge < -0.3 is 10.1 Å². The van der Waals surface area contributed by atoms with Crippen molar-refractivity contribution in [2.75, 3.05) is 11.9 Å². The van der Waals surface area contributed by atoms with Crippen molar-refractivity contribution >= 4 is 23.3 Å². The number of Topliss-reactive ketones (excluding diaryl/α,β-unsaturated/α-hetero) is 1. The number of nitrogens with one attached hydrogen (secondary N) is 1. The van der Waals surface area contributed by atoms with Crippen LogP contribution in [0.15, 0.2) is 24.3 Å². The molecule has 1 aromatic carbocycles. The van der Waals surface area contributed by atoms with Crippen LogP contribution < -0.4 is 5.32 Å². The summed E-state index contributed by atoms with van der Waals surface area (Å²) in [5, 5.41) is 2.73. The second kappa shape index (κ2) is 7.81. The highest BCUT2D eigenvalue weighted by Gasteiger charge is 2.40. The van der Waals surface area contributed by atoms with Crippen LogP contribution in [0, 0.1) is 17.8 Å². The standard InChI is InChI=1S/C20H25NO4/c1-2-19(23)21-17-7-5-14(6-8-17)18(22)12-25-20(24)11-16-10-13-3-4-15(16)9-13/h5-8,13,15-16H,2-4,9-12H2,1H3,(H,21,23)/t13-,15-,16-/m1/s1. The molecule has 134 valence electrons. The smallest absolute Gasteiger partial charge is 0.306 e. The van der Waals surface area contributed by atoms with Crippen molar-refractivity contribution in [1.29, 1.82) is 0 Å². The van der Waals surface area contributed by atoms with Crippen molar-refractivity contribution in [2.45, 2.75) is 45.4 Å². The summed E-state index contributed by atoms with van der Waals surface area (Å²) in [7, 11) is 0. The van der Waals surface area contributed by atoms with Crippen LogP contribution in [0.1, 0.15) is 55.8 Å². The predicted octanol–water partition coefficient (Wildman–Crippen LogP) is 3.59. The second-order valence-electron chi connectivity index (χ2n) is 7.20. The first kappa shape index (κ1) is 17.6. The van der Waals surface area contributed by atoms with Crippen molar-refractivity contribution in [3.8, 4) is 0 Å². The highest BCUT2D eigenvalue weighted by molar-refractivity contribution is 5.98. The monoisotopic (exact) mass is 343 g/mol. The molecule has 2 aliphatic carbocycles. The Labute approximate surface area is 148 Å². The second-order valence-corrected chi connectivity index (χ2v) is 7.20. The van der Waals surface area contributed by atoms with Crippen LogP contribution in [0.5, 0.6) is 0 Å². The molecule has 0 spiro atoms. The number of anilines is 1. The van der Waals surface area contributed by atoms with Crippen LogP contribution in [0.4, 0.5) is 5.69 Å². The zero-order valence-corrected chi connectivity index (χ0v) is 14.6. The van der Waals surface area contributed by atoms with Crippen molar-refractivity contribution in [2.24, 2.45) is 17.8 Å². The van der Waals surface area contributed by atoms with Gasteiger partial charge in [0.25, 0.3) is 0 Å². The van der Waals surface area contributed by atoms with Crippen LogP contribution in [0.25, 0.3) is 0 Å². The first-order valence-corrected chi connectivity index (χ1v) is 9.14.